The minimum absolute atomic E-state index is 0.329. The molecule has 1 aliphatic rings. The molecule has 1 unspecified atom stereocenters. The van der Waals surface area contributed by atoms with Gasteiger partial charge in [0.25, 0.3) is 0 Å². The van der Waals surface area contributed by atoms with E-state index in [9.17, 15) is 0 Å². The van der Waals surface area contributed by atoms with Crippen molar-refractivity contribution in [1.29, 1.82) is 0 Å². The monoisotopic (exact) mass is 343 g/mol. The highest BCUT2D eigenvalue weighted by atomic mass is 32.2. The maximum atomic E-state index is 4.42. The van der Waals surface area contributed by atoms with Crippen molar-refractivity contribution in [1.82, 2.24) is 20.4 Å². The van der Waals surface area contributed by atoms with Crippen molar-refractivity contribution in [3.63, 3.8) is 0 Å². The second-order valence-electron chi connectivity index (χ2n) is 6.31. The zero-order valence-electron chi connectivity index (χ0n) is 14.3. The topological polar surface area (TPSA) is 54.2 Å². The number of nitrogens with zero attached hydrogens (tertiary/aromatic N) is 3. The Hall–Kier alpha value is -1.95. The van der Waals surface area contributed by atoms with Crippen molar-refractivity contribution in [3.8, 4) is 5.69 Å². The molecule has 24 heavy (non-hydrogen) atoms. The third kappa shape index (κ3) is 4.32. The quantitative estimate of drug-likeness (QED) is 0.647. The normalized spacial score (nSPS) is 21.0. The lowest BCUT2D eigenvalue weighted by molar-refractivity contribution is 0.584. The van der Waals surface area contributed by atoms with Crippen LogP contribution in [0.5, 0.6) is 0 Å². The third-order valence-electron chi connectivity index (χ3n) is 4.27. The molecule has 0 aliphatic carbocycles. The minimum Gasteiger partial charge on any atom is -0.355 e. The number of benzene rings is 1. The van der Waals surface area contributed by atoms with Gasteiger partial charge in [0.05, 0.1) is 11.9 Å². The van der Waals surface area contributed by atoms with Crippen LogP contribution in [0.25, 0.3) is 5.69 Å². The fourth-order valence-electron chi connectivity index (χ4n) is 2.83. The van der Waals surface area contributed by atoms with E-state index in [0.29, 0.717) is 11.3 Å². The van der Waals surface area contributed by atoms with Crippen LogP contribution in [0.3, 0.4) is 0 Å². The summed E-state index contributed by atoms with van der Waals surface area (Å²) in [6, 6.07) is 10.1. The van der Waals surface area contributed by atoms with E-state index >= 15 is 0 Å². The molecular weight excluding hydrogens is 318 g/mol. The molecule has 0 saturated carbocycles. The molecule has 1 aliphatic heterocycles. The summed E-state index contributed by atoms with van der Waals surface area (Å²) >= 11 is 2.05. The van der Waals surface area contributed by atoms with Gasteiger partial charge in [-0.15, -0.1) is 0 Å². The molecular formula is C18H25N5S. The summed E-state index contributed by atoms with van der Waals surface area (Å²) in [6.45, 7) is 3.98. The first-order valence-corrected chi connectivity index (χ1v) is 9.35. The highest BCUT2D eigenvalue weighted by Gasteiger charge is 2.29. The highest BCUT2D eigenvalue weighted by Crippen LogP contribution is 2.36. The largest absolute Gasteiger partial charge is 0.355 e. The van der Waals surface area contributed by atoms with E-state index < -0.39 is 0 Å². The first-order chi connectivity index (χ1) is 11.7. The van der Waals surface area contributed by atoms with Crippen LogP contribution in [0.2, 0.25) is 0 Å². The lowest BCUT2D eigenvalue weighted by atomic mass is 10.1. The molecule has 1 atom stereocenters. The summed E-state index contributed by atoms with van der Waals surface area (Å²) in [6.07, 6.45) is 6.52. The molecule has 1 aromatic carbocycles. The number of guanidine groups is 1. The van der Waals surface area contributed by atoms with Crippen LogP contribution in [0.15, 0.2) is 47.7 Å². The number of rotatable bonds is 5. The number of aliphatic imine (C=N–C) groups is 1. The molecule has 2 heterocycles. The Morgan fingerprint density at radius 1 is 1.33 bits per heavy atom. The van der Waals surface area contributed by atoms with Gasteiger partial charge in [-0.1, -0.05) is 18.2 Å². The van der Waals surface area contributed by atoms with E-state index in [-0.39, 0.29) is 0 Å². The van der Waals surface area contributed by atoms with Crippen molar-refractivity contribution in [2.75, 3.05) is 19.3 Å². The SMILES string of the molecule is CN=C(NCc1cnn(-c2ccccc2)c1)NCC1(C)CCCS1. The van der Waals surface area contributed by atoms with Crippen molar-refractivity contribution < 1.29 is 0 Å². The Bertz CT molecular complexity index is 674. The van der Waals surface area contributed by atoms with Crippen molar-refractivity contribution in [2.24, 2.45) is 4.99 Å². The molecule has 1 saturated heterocycles. The van der Waals surface area contributed by atoms with Gasteiger partial charge in [0.1, 0.15) is 0 Å². The average Bonchev–Trinajstić information content (AvgIpc) is 3.26. The van der Waals surface area contributed by atoms with Gasteiger partial charge in [0.2, 0.25) is 0 Å². The minimum atomic E-state index is 0.329. The summed E-state index contributed by atoms with van der Waals surface area (Å²) in [5.41, 5.74) is 2.20. The lowest BCUT2D eigenvalue weighted by Gasteiger charge is -2.24. The number of thioether (sulfide) groups is 1. The summed E-state index contributed by atoms with van der Waals surface area (Å²) < 4.78 is 2.22. The van der Waals surface area contributed by atoms with Crippen molar-refractivity contribution in [3.05, 3.63) is 48.3 Å². The maximum Gasteiger partial charge on any atom is 0.191 e. The van der Waals surface area contributed by atoms with Gasteiger partial charge in [-0.05, 0) is 37.7 Å². The Morgan fingerprint density at radius 3 is 2.88 bits per heavy atom. The summed E-state index contributed by atoms with van der Waals surface area (Å²) in [4.78, 5) is 4.32. The van der Waals surface area contributed by atoms with Crippen LogP contribution in [0, 0.1) is 0 Å². The predicted molar refractivity (Wildman–Crippen MR) is 102 cm³/mol. The number of aromatic nitrogens is 2. The lowest BCUT2D eigenvalue weighted by Crippen LogP contribution is -2.43. The van der Waals surface area contributed by atoms with Crippen LogP contribution < -0.4 is 10.6 Å². The predicted octanol–water partition coefficient (Wildman–Crippen LogP) is 2.82. The second-order valence-corrected chi connectivity index (χ2v) is 7.99. The molecule has 2 aromatic rings. The molecule has 1 aromatic heterocycles. The molecule has 2 N–H and O–H groups in total. The van der Waals surface area contributed by atoms with E-state index in [1.165, 1.54) is 18.6 Å². The van der Waals surface area contributed by atoms with Crippen molar-refractivity contribution >= 4 is 17.7 Å². The molecule has 6 heteroatoms. The van der Waals surface area contributed by atoms with E-state index in [2.05, 4.69) is 39.4 Å². The van der Waals surface area contributed by atoms with Gasteiger partial charge in [0, 0.05) is 36.6 Å². The summed E-state index contributed by atoms with van der Waals surface area (Å²) in [5.74, 6) is 2.11. The third-order valence-corrected chi connectivity index (χ3v) is 5.81. The van der Waals surface area contributed by atoms with Crippen LogP contribution in [-0.2, 0) is 6.54 Å². The smallest absolute Gasteiger partial charge is 0.191 e. The van der Waals surface area contributed by atoms with E-state index in [0.717, 1.165) is 23.8 Å². The zero-order valence-corrected chi connectivity index (χ0v) is 15.1. The Labute approximate surface area is 147 Å². The standard InChI is InChI=1S/C18H25N5S/c1-18(9-6-10-24-18)14-21-17(19-2)20-11-15-12-22-23(13-15)16-7-4-3-5-8-16/h3-5,7-8,12-13H,6,9-11,14H2,1-2H3,(H2,19,20,21). The number of hydrogen-bond acceptors (Lipinski definition) is 3. The molecule has 0 amide bonds. The molecule has 0 radical (unpaired) electrons. The fourth-order valence-corrected chi connectivity index (χ4v) is 4.07. The first-order valence-electron chi connectivity index (χ1n) is 8.36. The molecule has 3 rings (SSSR count). The van der Waals surface area contributed by atoms with Crippen LogP contribution in [-0.4, -0.2) is 39.8 Å². The van der Waals surface area contributed by atoms with Gasteiger partial charge >= 0.3 is 0 Å². The van der Waals surface area contributed by atoms with Gasteiger partial charge in [-0.2, -0.15) is 16.9 Å². The number of para-hydroxylation sites is 1. The van der Waals surface area contributed by atoms with Gasteiger partial charge < -0.3 is 10.6 Å². The van der Waals surface area contributed by atoms with Crippen molar-refractivity contribution in [2.45, 2.75) is 31.1 Å². The van der Waals surface area contributed by atoms with Crippen LogP contribution >= 0.6 is 11.8 Å². The highest BCUT2D eigenvalue weighted by molar-refractivity contribution is 8.00. The zero-order chi connectivity index (χ0) is 16.8. The van der Waals surface area contributed by atoms with Gasteiger partial charge in [-0.25, -0.2) is 4.68 Å². The van der Waals surface area contributed by atoms with E-state index in [1.54, 1.807) is 0 Å². The van der Waals surface area contributed by atoms with Crippen LogP contribution in [0.4, 0.5) is 0 Å². The molecule has 1 fully saturated rings. The van der Waals surface area contributed by atoms with Gasteiger partial charge in [0.15, 0.2) is 5.96 Å². The second kappa shape index (κ2) is 7.75. The molecule has 128 valence electrons. The Kier molecular flexibility index (Phi) is 5.45. The molecule has 0 bridgehead atoms. The molecule has 5 nitrogen and oxygen atoms in total. The van der Waals surface area contributed by atoms with Gasteiger partial charge in [-0.3, -0.25) is 4.99 Å². The maximum absolute atomic E-state index is 4.42. The number of hydrogen-bond donors (Lipinski definition) is 2. The Morgan fingerprint density at radius 2 is 2.17 bits per heavy atom. The summed E-state index contributed by atoms with van der Waals surface area (Å²) in [5, 5.41) is 11.2. The average molecular weight is 344 g/mol. The molecule has 0 spiro atoms. The van der Waals surface area contributed by atoms with Crippen LogP contribution in [0.1, 0.15) is 25.3 Å². The van der Waals surface area contributed by atoms with E-state index in [4.69, 9.17) is 0 Å². The number of nitrogens with one attached hydrogen (secondary N) is 2. The van der Waals surface area contributed by atoms with E-state index in [1.807, 2.05) is 54.5 Å². The first kappa shape index (κ1) is 16.9. The summed E-state index contributed by atoms with van der Waals surface area (Å²) in [7, 11) is 1.81. The Balaban J connectivity index is 1.52. The fraction of sp³-hybridized carbons (Fsp3) is 0.444.